The number of piperazine rings is 1. The molecule has 1 aliphatic heterocycles. The topological polar surface area (TPSA) is 70.3 Å². The van der Waals surface area contributed by atoms with Gasteiger partial charge in [-0.05, 0) is 51.6 Å². The van der Waals surface area contributed by atoms with Crippen molar-refractivity contribution >= 4 is 29.0 Å². The normalized spacial score (nSPS) is 24.8. The van der Waals surface area contributed by atoms with Crippen molar-refractivity contribution in [1.29, 1.82) is 0 Å². The van der Waals surface area contributed by atoms with E-state index in [1.807, 2.05) is 7.05 Å². The van der Waals surface area contributed by atoms with Gasteiger partial charge in [0, 0.05) is 32.2 Å². The molecule has 0 spiro atoms. The predicted octanol–water partition coefficient (Wildman–Crippen LogP) is 2.53. The molecule has 8 heteroatoms. The average molecular weight is 401 g/mol. The molecule has 1 aromatic heterocycles. The number of anilines is 1. The van der Waals surface area contributed by atoms with Crippen molar-refractivity contribution in [3.63, 3.8) is 0 Å². The maximum atomic E-state index is 6.37. The molecule has 1 saturated heterocycles. The van der Waals surface area contributed by atoms with Crippen molar-refractivity contribution in [1.82, 2.24) is 20.2 Å². The predicted molar refractivity (Wildman–Crippen MR) is 108 cm³/mol. The summed E-state index contributed by atoms with van der Waals surface area (Å²) in [5, 5.41) is 3.85. The highest BCUT2D eigenvalue weighted by atomic mass is 35.5. The summed E-state index contributed by atoms with van der Waals surface area (Å²) >= 11 is 12.6. The molecule has 0 atom stereocenters. The molecule has 1 aromatic rings. The van der Waals surface area contributed by atoms with Crippen LogP contribution < -0.4 is 16.0 Å². The monoisotopic (exact) mass is 400 g/mol. The van der Waals surface area contributed by atoms with E-state index < -0.39 is 0 Å². The Morgan fingerprint density at radius 2 is 1.77 bits per heavy atom. The summed E-state index contributed by atoms with van der Waals surface area (Å²) in [5.74, 6) is 2.29. The van der Waals surface area contributed by atoms with Gasteiger partial charge in [0.1, 0.15) is 10.8 Å². The highest BCUT2D eigenvalue weighted by Gasteiger charge is 2.24. The number of rotatable bonds is 6. The number of nitrogens with two attached hydrogens (primary N) is 1. The zero-order valence-electron chi connectivity index (χ0n) is 15.6. The van der Waals surface area contributed by atoms with E-state index in [1.165, 1.54) is 38.6 Å². The molecule has 0 aromatic carbocycles. The molecule has 0 bridgehead atoms. The first kappa shape index (κ1) is 20.1. The second kappa shape index (κ2) is 9.51. The van der Waals surface area contributed by atoms with Crippen molar-refractivity contribution in [3.8, 4) is 0 Å². The van der Waals surface area contributed by atoms with E-state index in [0.717, 1.165) is 37.9 Å². The number of aromatic nitrogens is 2. The summed E-state index contributed by atoms with van der Waals surface area (Å²) in [7, 11) is 1.87. The third kappa shape index (κ3) is 5.20. The first-order chi connectivity index (χ1) is 12.6. The second-order valence-electron chi connectivity index (χ2n) is 7.50. The Labute approximate surface area is 166 Å². The van der Waals surface area contributed by atoms with E-state index in [-0.39, 0.29) is 0 Å². The van der Waals surface area contributed by atoms with E-state index in [4.69, 9.17) is 28.9 Å². The first-order valence-corrected chi connectivity index (χ1v) is 10.4. The maximum Gasteiger partial charge on any atom is 0.153 e. The van der Waals surface area contributed by atoms with Gasteiger partial charge in [-0.3, -0.25) is 4.90 Å². The third-order valence-corrected chi connectivity index (χ3v) is 6.31. The highest BCUT2D eigenvalue weighted by molar-refractivity contribution is 6.42. The fourth-order valence-electron chi connectivity index (χ4n) is 3.92. The SMILES string of the molecule is CNCc1nc(Cl)c(Cl)c(N2CCN(CCC3CCC(N)CC3)CC2)n1. The minimum absolute atomic E-state index is 0.333. The Morgan fingerprint density at radius 1 is 1.08 bits per heavy atom. The summed E-state index contributed by atoms with van der Waals surface area (Å²) in [6, 6.07) is 0.437. The van der Waals surface area contributed by atoms with Gasteiger partial charge in [-0.15, -0.1) is 0 Å². The van der Waals surface area contributed by atoms with Crippen molar-refractivity contribution in [2.24, 2.45) is 11.7 Å². The molecule has 3 rings (SSSR count). The van der Waals surface area contributed by atoms with Gasteiger partial charge in [-0.2, -0.15) is 0 Å². The Balaban J connectivity index is 1.50. The van der Waals surface area contributed by atoms with Crippen LogP contribution in [0.25, 0.3) is 0 Å². The summed E-state index contributed by atoms with van der Waals surface area (Å²) in [6.45, 7) is 5.66. The molecule has 1 saturated carbocycles. The smallest absolute Gasteiger partial charge is 0.153 e. The number of halogens is 2. The van der Waals surface area contributed by atoms with Crippen LogP contribution in [0, 0.1) is 5.92 Å². The van der Waals surface area contributed by atoms with Crippen molar-refractivity contribution < 1.29 is 0 Å². The lowest BCUT2D eigenvalue weighted by Gasteiger charge is -2.37. The summed E-state index contributed by atoms with van der Waals surface area (Å²) < 4.78 is 0. The van der Waals surface area contributed by atoms with E-state index in [9.17, 15) is 0 Å². The number of hydrogen-bond donors (Lipinski definition) is 2. The molecule has 146 valence electrons. The molecule has 26 heavy (non-hydrogen) atoms. The fraction of sp³-hybridized carbons (Fsp3) is 0.778. The van der Waals surface area contributed by atoms with Gasteiger partial charge in [-0.25, -0.2) is 9.97 Å². The van der Waals surface area contributed by atoms with Crippen molar-refractivity contribution in [3.05, 3.63) is 16.0 Å². The third-order valence-electron chi connectivity index (χ3n) is 5.59. The van der Waals surface area contributed by atoms with Gasteiger partial charge in [0.2, 0.25) is 0 Å². The number of hydrogen-bond acceptors (Lipinski definition) is 6. The van der Waals surface area contributed by atoms with Crippen LogP contribution >= 0.6 is 23.2 Å². The lowest BCUT2D eigenvalue weighted by Crippen LogP contribution is -2.47. The van der Waals surface area contributed by atoms with Crippen LogP contribution in [-0.4, -0.2) is 60.7 Å². The molecular formula is C18H30Cl2N6. The molecule has 2 aliphatic rings. The fourth-order valence-corrected chi connectivity index (χ4v) is 4.31. The summed E-state index contributed by atoms with van der Waals surface area (Å²) in [6.07, 6.45) is 6.27. The molecule has 2 fully saturated rings. The second-order valence-corrected chi connectivity index (χ2v) is 8.23. The van der Waals surface area contributed by atoms with Crippen LogP contribution in [0.5, 0.6) is 0 Å². The first-order valence-electron chi connectivity index (χ1n) is 9.66. The summed E-state index contributed by atoms with van der Waals surface area (Å²) in [4.78, 5) is 13.6. The Kier molecular flexibility index (Phi) is 7.35. The zero-order valence-corrected chi connectivity index (χ0v) is 17.1. The molecule has 2 heterocycles. The van der Waals surface area contributed by atoms with Crippen LogP contribution in [0.3, 0.4) is 0 Å². The standard InChI is InChI=1S/C18H30Cl2N6/c1-22-12-15-23-17(20)16(19)18(24-15)26-10-8-25(9-11-26)7-6-13-2-4-14(21)5-3-13/h13-14,22H,2-12,21H2,1H3. The largest absolute Gasteiger partial charge is 0.353 e. The Bertz CT molecular complexity index is 583. The van der Waals surface area contributed by atoms with E-state index in [1.54, 1.807) is 0 Å². The molecule has 0 unspecified atom stereocenters. The van der Waals surface area contributed by atoms with Crippen LogP contribution in [0.2, 0.25) is 10.2 Å². The molecule has 0 radical (unpaired) electrons. The quantitative estimate of drug-likeness (QED) is 0.714. The number of nitrogens with zero attached hydrogens (tertiary/aromatic N) is 4. The van der Waals surface area contributed by atoms with Gasteiger partial charge in [0.25, 0.3) is 0 Å². The van der Waals surface area contributed by atoms with Crippen molar-refractivity contribution in [2.75, 3.05) is 44.7 Å². The Morgan fingerprint density at radius 3 is 2.42 bits per heavy atom. The van der Waals surface area contributed by atoms with Gasteiger partial charge >= 0.3 is 0 Å². The van der Waals surface area contributed by atoms with Crippen LogP contribution in [-0.2, 0) is 6.54 Å². The minimum Gasteiger partial charge on any atom is -0.353 e. The highest BCUT2D eigenvalue weighted by Crippen LogP contribution is 2.31. The van der Waals surface area contributed by atoms with Gasteiger partial charge in [0.05, 0.1) is 6.54 Å². The van der Waals surface area contributed by atoms with E-state index in [2.05, 4.69) is 25.1 Å². The maximum absolute atomic E-state index is 6.37. The lowest BCUT2D eigenvalue weighted by atomic mass is 9.84. The van der Waals surface area contributed by atoms with Crippen LogP contribution in [0.15, 0.2) is 0 Å². The molecule has 6 nitrogen and oxygen atoms in total. The summed E-state index contributed by atoms with van der Waals surface area (Å²) in [5.41, 5.74) is 6.01. The van der Waals surface area contributed by atoms with Gasteiger partial charge in [0.15, 0.2) is 11.0 Å². The molecule has 3 N–H and O–H groups in total. The minimum atomic E-state index is 0.333. The Hall–Kier alpha value is -0.660. The molecule has 0 amide bonds. The molecule has 1 aliphatic carbocycles. The zero-order chi connectivity index (χ0) is 18.5. The molecular weight excluding hydrogens is 371 g/mol. The number of nitrogens with one attached hydrogen (secondary N) is 1. The lowest BCUT2D eigenvalue weighted by molar-refractivity contribution is 0.216. The van der Waals surface area contributed by atoms with E-state index >= 15 is 0 Å². The van der Waals surface area contributed by atoms with Gasteiger partial charge in [-0.1, -0.05) is 23.2 Å². The van der Waals surface area contributed by atoms with Crippen LogP contribution in [0.4, 0.5) is 5.82 Å². The van der Waals surface area contributed by atoms with E-state index in [0.29, 0.717) is 28.6 Å². The van der Waals surface area contributed by atoms with Gasteiger partial charge < -0.3 is 16.0 Å². The van der Waals surface area contributed by atoms with Crippen molar-refractivity contribution in [2.45, 2.75) is 44.7 Å². The average Bonchev–Trinajstić information content (AvgIpc) is 2.65. The van der Waals surface area contributed by atoms with Crippen LogP contribution in [0.1, 0.15) is 37.9 Å².